The van der Waals surface area contributed by atoms with Crippen LogP contribution in [0.5, 0.6) is 0 Å². The maximum atomic E-state index is 11.7. The predicted octanol–water partition coefficient (Wildman–Crippen LogP) is -0.430. The Morgan fingerprint density at radius 3 is 2.36 bits per heavy atom. The second-order valence-electron chi connectivity index (χ2n) is 3.26. The summed E-state index contributed by atoms with van der Waals surface area (Å²) < 4.78 is 0. The average molecular weight is 201 g/mol. The number of nitrogens with two attached hydrogens (primary N) is 1. The van der Waals surface area contributed by atoms with Crippen molar-refractivity contribution in [3.8, 4) is 0 Å². The van der Waals surface area contributed by atoms with Gasteiger partial charge in [-0.1, -0.05) is 13.3 Å². The molecule has 82 valence electrons. The van der Waals surface area contributed by atoms with Crippen LogP contribution in [0.1, 0.15) is 26.7 Å². The zero-order chi connectivity index (χ0) is 11.1. The fourth-order valence-corrected chi connectivity index (χ4v) is 1.24. The smallest absolute Gasteiger partial charge is 0.244 e. The van der Waals surface area contributed by atoms with Gasteiger partial charge < -0.3 is 5.32 Å². The second-order valence-corrected chi connectivity index (χ2v) is 3.26. The van der Waals surface area contributed by atoms with Gasteiger partial charge in [-0.2, -0.15) is 0 Å². The molecule has 0 aliphatic rings. The van der Waals surface area contributed by atoms with E-state index in [1.165, 1.54) is 0 Å². The number of hydrazine groups is 1. The normalized spacial score (nSPS) is 14.6. The second kappa shape index (κ2) is 6.50. The van der Waals surface area contributed by atoms with Crippen LogP contribution < -0.4 is 16.6 Å². The molecule has 0 aliphatic carbocycles. The van der Waals surface area contributed by atoms with E-state index in [-0.39, 0.29) is 11.8 Å². The summed E-state index contributed by atoms with van der Waals surface area (Å²) in [5.41, 5.74) is 2.02. The van der Waals surface area contributed by atoms with E-state index >= 15 is 0 Å². The molecule has 2 atom stereocenters. The minimum atomic E-state index is -0.632. The highest BCUT2D eigenvalue weighted by Crippen LogP contribution is 2.10. The van der Waals surface area contributed by atoms with Gasteiger partial charge in [0.25, 0.3) is 0 Å². The summed E-state index contributed by atoms with van der Waals surface area (Å²) >= 11 is 0. The molecular formula is C9H19N3O2. The molecule has 1 amide bonds. The van der Waals surface area contributed by atoms with Crippen LogP contribution in [0.25, 0.3) is 0 Å². The topological polar surface area (TPSA) is 84.2 Å². The van der Waals surface area contributed by atoms with Crippen molar-refractivity contribution in [2.24, 2.45) is 11.8 Å². The number of carbonyl (C=O) groups excluding carboxylic acids is 2. The highest BCUT2D eigenvalue weighted by molar-refractivity contribution is 6.03. The van der Waals surface area contributed by atoms with Crippen LogP contribution in [0, 0.1) is 5.92 Å². The van der Waals surface area contributed by atoms with E-state index in [0.717, 1.165) is 6.42 Å². The minimum absolute atomic E-state index is 0.114. The zero-order valence-corrected chi connectivity index (χ0v) is 8.96. The highest BCUT2D eigenvalue weighted by Gasteiger charge is 2.27. The summed E-state index contributed by atoms with van der Waals surface area (Å²) in [6.07, 6.45) is 1.31. The van der Waals surface area contributed by atoms with Crippen molar-refractivity contribution in [1.29, 1.82) is 0 Å². The van der Waals surface area contributed by atoms with Crippen molar-refractivity contribution in [2.45, 2.75) is 32.7 Å². The summed E-state index contributed by atoms with van der Waals surface area (Å²) in [6, 6.07) is -0.316. The van der Waals surface area contributed by atoms with E-state index in [4.69, 9.17) is 5.84 Å². The van der Waals surface area contributed by atoms with E-state index in [9.17, 15) is 9.59 Å². The first kappa shape index (κ1) is 13.1. The van der Waals surface area contributed by atoms with Crippen molar-refractivity contribution in [2.75, 3.05) is 7.05 Å². The molecule has 0 aromatic rings. The van der Waals surface area contributed by atoms with Crippen molar-refractivity contribution in [3.63, 3.8) is 0 Å². The molecule has 0 saturated carbocycles. The summed E-state index contributed by atoms with van der Waals surface area (Å²) in [6.45, 7) is 3.66. The van der Waals surface area contributed by atoms with Gasteiger partial charge in [0.1, 0.15) is 0 Å². The summed E-state index contributed by atoms with van der Waals surface area (Å²) in [7, 11) is 1.69. The number of hydrogen-bond acceptors (Lipinski definition) is 4. The molecule has 0 rings (SSSR count). The number of carbonyl (C=O) groups is 2. The molecular weight excluding hydrogens is 182 g/mol. The largest absolute Gasteiger partial charge is 0.311 e. The Labute approximate surface area is 84.4 Å². The lowest BCUT2D eigenvalue weighted by atomic mass is 9.94. The Balaban J connectivity index is 4.48. The Kier molecular flexibility index (Phi) is 6.07. The lowest BCUT2D eigenvalue weighted by molar-refractivity contribution is -0.135. The van der Waals surface area contributed by atoms with Gasteiger partial charge >= 0.3 is 0 Å². The van der Waals surface area contributed by atoms with Crippen molar-refractivity contribution < 1.29 is 9.59 Å². The number of rotatable bonds is 6. The third-order valence-corrected chi connectivity index (χ3v) is 2.24. The van der Waals surface area contributed by atoms with E-state index in [1.54, 1.807) is 14.0 Å². The first-order valence-electron chi connectivity index (χ1n) is 4.79. The standard InChI is InChI=1S/C9H19N3O2/c1-4-5-7(9(14)12-10)8(13)6(2)11-3/h6-7,11H,4-5,10H2,1-3H3,(H,12,14)/t6-,7?/m0/s1. The SMILES string of the molecule is CCCC(C(=O)NN)C(=O)[C@H](C)NC. The third kappa shape index (κ3) is 3.43. The van der Waals surface area contributed by atoms with Crippen LogP contribution in [0.2, 0.25) is 0 Å². The molecule has 4 N–H and O–H groups in total. The van der Waals surface area contributed by atoms with Crippen LogP contribution in [-0.2, 0) is 9.59 Å². The quantitative estimate of drug-likeness (QED) is 0.236. The molecule has 0 fully saturated rings. The number of hydrogen-bond donors (Lipinski definition) is 3. The molecule has 1 unspecified atom stereocenters. The Morgan fingerprint density at radius 1 is 1.43 bits per heavy atom. The van der Waals surface area contributed by atoms with E-state index in [2.05, 4.69) is 5.32 Å². The van der Waals surface area contributed by atoms with Crippen molar-refractivity contribution in [3.05, 3.63) is 0 Å². The Bertz CT molecular complexity index is 206. The Hall–Kier alpha value is -0.940. The van der Waals surface area contributed by atoms with Gasteiger partial charge in [0.05, 0.1) is 12.0 Å². The van der Waals surface area contributed by atoms with Gasteiger partial charge in [0, 0.05) is 0 Å². The summed E-state index contributed by atoms with van der Waals surface area (Å²) in [5.74, 6) is 3.86. The maximum absolute atomic E-state index is 11.7. The lowest BCUT2D eigenvalue weighted by Gasteiger charge is -2.17. The van der Waals surface area contributed by atoms with E-state index in [0.29, 0.717) is 6.42 Å². The molecule has 0 bridgehead atoms. The molecule has 5 heteroatoms. The predicted molar refractivity (Wildman–Crippen MR) is 54.3 cm³/mol. The monoisotopic (exact) mass is 201 g/mol. The molecule has 0 aliphatic heterocycles. The molecule has 0 aromatic carbocycles. The van der Waals surface area contributed by atoms with Crippen LogP contribution in [0.15, 0.2) is 0 Å². The summed E-state index contributed by atoms with van der Waals surface area (Å²) in [5, 5.41) is 2.81. The molecule has 0 spiro atoms. The number of Topliss-reactive ketones (excluding diaryl/α,β-unsaturated/α-hetero) is 1. The van der Waals surface area contributed by atoms with Gasteiger partial charge in [0.15, 0.2) is 5.78 Å². The first-order chi connectivity index (χ1) is 6.58. The summed E-state index contributed by atoms with van der Waals surface area (Å²) in [4.78, 5) is 23.0. The van der Waals surface area contributed by atoms with Crippen LogP contribution in [-0.4, -0.2) is 24.8 Å². The van der Waals surface area contributed by atoms with Crippen molar-refractivity contribution in [1.82, 2.24) is 10.7 Å². The first-order valence-corrected chi connectivity index (χ1v) is 4.79. The van der Waals surface area contributed by atoms with Crippen molar-refractivity contribution >= 4 is 11.7 Å². The average Bonchev–Trinajstić information content (AvgIpc) is 2.22. The third-order valence-electron chi connectivity index (χ3n) is 2.24. The number of nitrogens with one attached hydrogen (secondary N) is 2. The van der Waals surface area contributed by atoms with Gasteiger partial charge in [0.2, 0.25) is 5.91 Å². The maximum Gasteiger partial charge on any atom is 0.244 e. The molecule has 0 aromatic heterocycles. The molecule has 0 saturated heterocycles. The van der Waals surface area contributed by atoms with Crippen LogP contribution in [0.3, 0.4) is 0 Å². The zero-order valence-electron chi connectivity index (χ0n) is 8.96. The number of ketones is 1. The lowest BCUT2D eigenvalue weighted by Crippen LogP contribution is -2.45. The fourth-order valence-electron chi connectivity index (χ4n) is 1.24. The van der Waals surface area contributed by atoms with Crippen LogP contribution >= 0.6 is 0 Å². The van der Waals surface area contributed by atoms with E-state index < -0.39 is 11.8 Å². The molecule has 0 radical (unpaired) electrons. The molecule has 14 heavy (non-hydrogen) atoms. The number of likely N-dealkylation sites (N-methyl/N-ethyl adjacent to an activating group) is 1. The van der Waals surface area contributed by atoms with E-state index in [1.807, 2.05) is 12.3 Å². The van der Waals surface area contributed by atoms with Crippen LogP contribution in [0.4, 0.5) is 0 Å². The molecule has 0 heterocycles. The van der Waals surface area contributed by atoms with Gasteiger partial charge in [-0.15, -0.1) is 0 Å². The Morgan fingerprint density at radius 2 is 2.00 bits per heavy atom. The highest BCUT2D eigenvalue weighted by atomic mass is 16.2. The number of amides is 1. The fraction of sp³-hybridized carbons (Fsp3) is 0.778. The van der Waals surface area contributed by atoms with Gasteiger partial charge in [-0.3, -0.25) is 15.0 Å². The molecule has 5 nitrogen and oxygen atoms in total. The minimum Gasteiger partial charge on any atom is -0.311 e. The van der Waals surface area contributed by atoms with Gasteiger partial charge in [-0.25, -0.2) is 5.84 Å². The van der Waals surface area contributed by atoms with Gasteiger partial charge in [-0.05, 0) is 20.4 Å².